The largest absolute Gasteiger partial charge is 0.384 e. The molecule has 6 heteroatoms. The van der Waals surface area contributed by atoms with Gasteiger partial charge < -0.3 is 10.6 Å². The van der Waals surface area contributed by atoms with Gasteiger partial charge in [-0.05, 0) is 41.8 Å². The van der Waals surface area contributed by atoms with E-state index in [4.69, 9.17) is 17.3 Å². The fourth-order valence-corrected chi connectivity index (χ4v) is 3.44. The number of amides is 1. The Labute approximate surface area is 181 Å². The van der Waals surface area contributed by atoms with Crippen LogP contribution in [0.3, 0.4) is 0 Å². The van der Waals surface area contributed by atoms with Crippen molar-refractivity contribution < 1.29 is 9.59 Å². The summed E-state index contributed by atoms with van der Waals surface area (Å²) in [6, 6.07) is 16.6. The van der Waals surface area contributed by atoms with E-state index in [2.05, 4.69) is 4.98 Å². The number of hydrogen-bond donors (Lipinski definition) is 1. The molecule has 0 atom stereocenters. The monoisotopic (exact) mass is 421 g/mol. The molecule has 0 aliphatic carbocycles. The van der Waals surface area contributed by atoms with Gasteiger partial charge in [0.2, 0.25) is 5.91 Å². The lowest BCUT2D eigenvalue weighted by atomic mass is 9.99. The Balaban J connectivity index is 1.70. The lowest BCUT2D eigenvalue weighted by Gasteiger charge is -2.17. The Morgan fingerprint density at radius 2 is 1.80 bits per heavy atom. The number of halogens is 1. The molecule has 154 valence electrons. The minimum atomic E-state index is 0.0234. The topological polar surface area (TPSA) is 76.3 Å². The van der Waals surface area contributed by atoms with Crippen LogP contribution < -0.4 is 10.6 Å². The van der Waals surface area contributed by atoms with Crippen LogP contribution in [0, 0.1) is 0 Å². The van der Waals surface area contributed by atoms with Gasteiger partial charge >= 0.3 is 0 Å². The standard InChI is InChI=1S/C24H24ClN3O2/c1-3-24(30)28(2)19-9-6-17(7-10-19)20-11-8-18(14-21(20)25)22(29)12-4-16-5-13-23(26)27-15-16/h5-11,13-15H,3-4,12H2,1-2H3,(H2,26,27). The summed E-state index contributed by atoms with van der Waals surface area (Å²) in [5.74, 6) is 0.540. The van der Waals surface area contributed by atoms with E-state index in [1.54, 1.807) is 36.3 Å². The molecule has 1 aromatic heterocycles. The van der Waals surface area contributed by atoms with Crippen molar-refractivity contribution in [1.29, 1.82) is 0 Å². The SMILES string of the molecule is CCC(=O)N(C)c1ccc(-c2ccc(C(=O)CCc3ccc(N)nc3)cc2Cl)cc1. The Morgan fingerprint density at radius 1 is 1.07 bits per heavy atom. The third-order valence-electron chi connectivity index (χ3n) is 5.02. The zero-order valence-electron chi connectivity index (χ0n) is 17.1. The van der Waals surface area contributed by atoms with Gasteiger partial charge in [0.05, 0.1) is 0 Å². The number of nitrogens with zero attached hydrogens (tertiary/aromatic N) is 2. The number of hydrogen-bond acceptors (Lipinski definition) is 4. The van der Waals surface area contributed by atoms with Crippen LogP contribution in [0.1, 0.15) is 35.7 Å². The van der Waals surface area contributed by atoms with Crippen molar-refractivity contribution in [3.8, 4) is 11.1 Å². The van der Waals surface area contributed by atoms with Gasteiger partial charge in [0, 0.05) is 47.9 Å². The van der Waals surface area contributed by atoms with Crippen molar-refractivity contribution in [1.82, 2.24) is 4.98 Å². The van der Waals surface area contributed by atoms with Gasteiger partial charge in [-0.1, -0.05) is 48.9 Å². The third-order valence-corrected chi connectivity index (χ3v) is 5.33. The molecule has 3 rings (SSSR count). The number of nitrogen functional groups attached to an aromatic ring is 1. The maximum Gasteiger partial charge on any atom is 0.226 e. The average Bonchev–Trinajstić information content (AvgIpc) is 2.77. The number of anilines is 2. The molecule has 0 radical (unpaired) electrons. The second kappa shape index (κ2) is 9.55. The molecule has 0 spiro atoms. The van der Waals surface area contributed by atoms with Gasteiger partial charge in [0.1, 0.15) is 5.82 Å². The first-order valence-corrected chi connectivity index (χ1v) is 10.2. The molecule has 0 fully saturated rings. The Kier molecular flexibility index (Phi) is 6.85. The van der Waals surface area contributed by atoms with Crippen molar-refractivity contribution >= 4 is 34.8 Å². The normalized spacial score (nSPS) is 10.6. The van der Waals surface area contributed by atoms with Crippen LogP contribution in [0.2, 0.25) is 5.02 Å². The highest BCUT2D eigenvalue weighted by atomic mass is 35.5. The number of benzene rings is 2. The highest BCUT2D eigenvalue weighted by Gasteiger charge is 2.12. The summed E-state index contributed by atoms with van der Waals surface area (Å²) in [5, 5.41) is 0.515. The summed E-state index contributed by atoms with van der Waals surface area (Å²) < 4.78 is 0. The number of carbonyl (C=O) groups is 2. The predicted molar refractivity (Wildman–Crippen MR) is 122 cm³/mol. The number of ketones is 1. The lowest BCUT2D eigenvalue weighted by molar-refractivity contribution is -0.118. The lowest BCUT2D eigenvalue weighted by Crippen LogP contribution is -2.24. The highest BCUT2D eigenvalue weighted by Crippen LogP contribution is 2.30. The number of aromatic nitrogens is 1. The quantitative estimate of drug-likeness (QED) is 0.534. The second-order valence-electron chi connectivity index (χ2n) is 7.06. The minimum Gasteiger partial charge on any atom is -0.384 e. The Bertz CT molecular complexity index is 1050. The fourth-order valence-electron chi connectivity index (χ4n) is 3.15. The van der Waals surface area contributed by atoms with Gasteiger partial charge in [-0.3, -0.25) is 9.59 Å². The Morgan fingerprint density at radius 3 is 2.40 bits per heavy atom. The molecule has 2 aromatic carbocycles. The molecule has 1 amide bonds. The first kappa shape index (κ1) is 21.5. The van der Waals surface area contributed by atoms with Gasteiger partial charge in [-0.15, -0.1) is 0 Å². The van der Waals surface area contributed by atoms with Gasteiger partial charge in [-0.25, -0.2) is 4.98 Å². The van der Waals surface area contributed by atoms with Crippen molar-refractivity contribution in [3.63, 3.8) is 0 Å². The number of Topliss-reactive ketones (excluding diaryl/α,β-unsaturated/α-hetero) is 1. The Hall–Kier alpha value is -3.18. The minimum absolute atomic E-state index is 0.0234. The number of pyridine rings is 1. The average molecular weight is 422 g/mol. The molecule has 0 saturated heterocycles. The van der Waals surface area contributed by atoms with Crippen LogP contribution >= 0.6 is 11.6 Å². The van der Waals surface area contributed by atoms with E-state index in [9.17, 15) is 9.59 Å². The van der Waals surface area contributed by atoms with Crippen molar-refractivity contribution in [2.75, 3.05) is 17.7 Å². The van der Waals surface area contributed by atoms with Gasteiger partial charge in [-0.2, -0.15) is 0 Å². The highest BCUT2D eigenvalue weighted by molar-refractivity contribution is 6.33. The van der Waals surface area contributed by atoms with Crippen molar-refractivity contribution in [2.24, 2.45) is 0 Å². The smallest absolute Gasteiger partial charge is 0.226 e. The molecule has 30 heavy (non-hydrogen) atoms. The maximum atomic E-state index is 12.6. The number of nitrogens with two attached hydrogens (primary N) is 1. The third kappa shape index (κ3) is 5.05. The number of carbonyl (C=O) groups excluding carboxylic acids is 2. The zero-order valence-corrected chi connectivity index (χ0v) is 17.8. The fraction of sp³-hybridized carbons (Fsp3) is 0.208. The molecular weight excluding hydrogens is 398 g/mol. The summed E-state index contributed by atoms with van der Waals surface area (Å²) in [7, 11) is 1.76. The van der Waals surface area contributed by atoms with Crippen LogP contribution in [0.15, 0.2) is 60.8 Å². The van der Waals surface area contributed by atoms with E-state index in [0.29, 0.717) is 35.7 Å². The first-order chi connectivity index (χ1) is 14.4. The van der Waals surface area contributed by atoms with Crippen LogP contribution in [0.5, 0.6) is 0 Å². The van der Waals surface area contributed by atoms with Gasteiger partial charge in [0.25, 0.3) is 0 Å². The zero-order chi connectivity index (χ0) is 21.7. The maximum absolute atomic E-state index is 12.6. The van der Waals surface area contributed by atoms with E-state index in [-0.39, 0.29) is 11.7 Å². The molecule has 0 bridgehead atoms. The molecule has 0 aliphatic rings. The molecular formula is C24H24ClN3O2. The summed E-state index contributed by atoms with van der Waals surface area (Å²) in [4.78, 5) is 30.1. The second-order valence-corrected chi connectivity index (χ2v) is 7.47. The molecule has 5 nitrogen and oxygen atoms in total. The van der Waals surface area contributed by atoms with E-state index < -0.39 is 0 Å². The van der Waals surface area contributed by atoms with Crippen molar-refractivity contribution in [2.45, 2.75) is 26.2 Å². The van der Waals surface area contributed by atoms with Crippen LogP contribution in [-0.2, 0) is 11.2 Å². The van der Waals surface area contributed by atoms with E-state index in [1.165, 1.54) is 0 Å². The first-order valence-electron chi connectivity index (χ1n) is 9.79. The van der Waals surface area contributed by atoms with Crippen LogP contribution in [-0.4, -0.2) is 23.7 Å². The number of rotatable bonds is 7. The van der Waals surface area contributed by atoms with E-state index in [0.717, 1.165) is 22.4 Å². The molecule has 0 aliphatic heterocycles. The number of aryl methyl sites for hydroxylation is 1. The molecule has 0 saturated carbocycles. The van der Waals surface area contributed by atoms with Gasteiger partial charge in [0.15, 0.2) is 5.78 Å². The predicted octanol–water partition coefficient (Wildman–Crippen LogP) is 5.17. The molecule has 2 N–H and O–H groups in total. The molecule has 1 heterocycles. The summed E-state index contributed by atoms with van der Waals surface area (Å²) in [6.45, 7) is 1.84. The van der Waals surface area contributed by atoms with Crippen LogP contribution in [0.25, 0.3) is 11.1 Å². The molecule has 3 aromatic rings. The molecule has 0 unspecified atom stereocenters. The van der Waals surface area contributed by atoms with E-state index in [1.807, 2.05) is 43.3 Å². The summed E-state index contributed by atoms with van der Waals surface area (Å²) in [6.07, 6.45) is 3.10. The summed E-state index contributed by atoms with van der Waals surface area (Å²) in [5.41, 5.74) is 9.72. The van der Waals surface area contributed by atoms with E-state index >= 15 is 0 Å². The summed E-state index contributed by atoms with van der Waals surface area (Å²) >= 11 is 6.48. The van der Waals surface area contributed by atoms with Crippen molar-refractivity contribution in [3.05, 3.63) is 76.9 Å². The van der Waals surface area contributed by atoms with Crippen LogP contribution in [0.4, 0.5) is 11.5 Å².